The minimum Gasteiger partial charge on any atom is -0.494 e. The summed E-state index contributed by atoms with van der Waals surface area (Å²) < 4.78 is 19.0. The molecule has 0 fully saturated rings. The van der Waals surface area contributed by atoms with Crippen molar-refractivity contribution in [1.29, 1.82) is 0 Å². The van der Waals surface area contributed by atoms with Crippen LogP contribution in [0.4, 0.5) is 4.39 Å². The summed E-state index contributed by atoms with van der Waals surface area (Å²) >= 11 is 0. The minimum atomic E-state index is -1.16. The molecular weight excluding hydrogens is 373 g/mol. The topological polar surface area (TPSA) is 85.2 Å². The summed E-state index contributed by atoms with van der Waals surface area (Å²) in [5.74, 6) is -0.906. The van der Waals surface area contributed by atoms with Crippen molar-refractivity contribution in [2.45, 2.75) is 6.92 Å². The molecule has 0 spiro atoms. The van der Waals surface area contributed by atoms with Crippen molar-refractivity contribution < 1.29 is 19.0 Å². The highest BCUT2D eigenvalue weighted by atomic mass is 19.1. The van der Waals surface area contributed by atoms with Crippen LogP contribution >= 0.6 is 0 Å². The maximum atomic E-state index is 13.5. The number of benzene rings is 2. The molecule has 144 valence electrons. The zero-order valence-corrected chi connectivity index (χ0v) is 15.5. The zero-order chi connectivity index (χ0) is 20.4. The van der Waals surface area contributed by atoms with Gasteiger partial charge in [0.2, 0.25) is 0 Å². The molecular formula is C22H16FN3O3. The molecule has 0 amide bonds. The van der Waals surface area contributed by atoms with Gasteiger partial charge in [-0.2, -0.15) is 0 Å². The van der Waals surface area contributed by atoms with Gasteiger partial charge in [0, 0.05) is 10.9 Å². The number of fused-ring (bicyclic) bond motifs is 1. The van der Waals surface area contributed by atoms with Crippen molar-refractivity contribution >= 4 is 16.9 Å². The molecule has 7 heteroatoms. The monoisotopic (exact) mass is 389 g/mol. The molecule has 2 aromatic carbocycles. The number of pyridine rings is 1. The normalized spacial score (nSPS) is 10.8. The first-order valence-electron chi connectivity index (χ1n) is 8.96. The molecule has 6 nitrogen and oxygen atoms in total. The van der Waals surface area contributed by atoms with Crippen molar-refractivity contribution in [2.24, 2.45) is 0 Å². The second-order valence-corrected chi connectivity index (χ2v) is 6.28. The lowest BCUT2D eigenvalue weighted by Crippen LogP contribution is -2.01. The third-order valence-electron chi connectivity index (χ3n) is 4.39. The molecule has 2 heterocycles. The van der Waals surface area contributed by atoms with Crippen LogP contribution in [0.3, 0.4) is 0 Å². The summed E-state index contributed by atoms with van der Waals surface area (Å²) in [7, 11) is 0. The van der Waals surface area contributed by atoms with Gasteiger partial charge in [-0.15, -0.1) is 10.2 Å². The summed E-state index contributed by atoms with van der Waals surface area (Å²) in [6.07, 6.45) is 0. The molecule has 0 bridgehead atoms. The first-order chi connectivity index (χ1) is 14.0. The van der Waals surface area contributed by atoms with Gasteiger partial charge in [-0.25, -0.2) is 14.2 Å². The average Bonchev–Trinajstić information content (AvgIpc) is 2.74. The number of ether oxygens (including phenoxy) is 1. The first-order valence-corrected chi connectivity index (χ1v) is 8.96. The van der Waals surface area contributed by atoms with Crippen LogP contribution in [0.2, 0.25) is 0 Å². The van der Waals surface area contributed by atoms with Crippen LogP contribution in [0, 0.1) is 5.82 Å². The molecule has 29 heavy (non-hydrogen) atoms. The molecule has 1 N–H and O–H groups in total. The smallest absolute Gasteiger partial charge is 0.336 e. The van der Waals surface area contributed by atoms with Gasteiger partial charge in [0.15, 0.2) is 0 Å². The lowest BCUT2D eigenvalue weighted by atomic mass is 10.1. The Bertz CT molecular complexity index is 1190. The molecule has 0 aliphatic carbocycles. The Balaban J connectivity index is 1.71. The second-order valence-electron chi connectivity index (χ2n) is 6.28. The van der Waals surface area contributed by atoms with Gasteiger partial charge in [0.1, 0.15) is 17.3 Å². The third-order valence-corrected chi connectivity index (χ3v) is 4.39. The van der Waals surface area contributed by atoms with E-state index in [4.69, 9.17) is 4.74 Å². The zero-order valence-electron chi connectivity index (χ0n) is 15.5. The molecule has 4 rings (SSSR count). The maximum Gasteiger partial charge on any atom is 0.336 e. The van der Waals surface area contributed by atoms with Crippen molar-refractivity contribution in [3.8, 4) is 28.4 Å². The second kappa shape index (κ2) is 7.63. The minimum absolute atomic E-state index is 0.0399. The highest BCUT2D eigenvalue weighted by molar-refractivity contribution is 6.03. The lowest BCUT2D eigenvalue weighted by molar-refractivity contribution is 0.0699. The van der Waals surface area contributed by atoms with Crippen molar-refractivity contribution in [3.63, 3.8) is 0 Å². The van der Waals surface area contributed by atoms with Gasteiger partial charge in [-0.05, 0) is 67.6 Å². The van der Waals surface area contributed by atoms with E-state index < -0.39 is 11.8 Å². The van der Waals surface area contributed by atoms with Crippen molar-refractivity contribution in [1.82, 2.24) is 15.2 Å². The number of carboxylic acids is 1. The number of carbonyl (C=O) groups is 1. The van der Waals surface area contributed by atoms with E-state index in [1.54, 1.807) is 12.1 Å². The molecule has 0 saturated heterocycles. The van der Waals surface area contributed by atoms with E-state index >= 15 is 0 Å². The van der Waals surface area contributed by atoms with Crippen LogP contribution in [0.1, 0.15) is 17.3 Å². The lowest BCUT2D eigenvalue weighted by Gasteiger charge is -2.07. The predicted molar refractivity (Wildman–Crippen MR) is 106 cm³/mol. The van der Waals surface area contributed by atoms with Gasteiger partial charge < -0.3 is 9.84 Å². The maximum absolute atomic E-state index is 13.5. The summed E-state index contributed by atoms with van der Waals surface area (Å²) in [6.45, 7) is 2.52. The van der Waals surface area contributed by atoms with Crippen molar-refractivity contribution in [2.75, 3.05) is 6.61 Å². The van der Waals surface area contributed by atoms with E-state index in [2.05, 4.69) is 15.2 Å². The molecule has 0 saturated carbocycles. The first kappa shape index (κ1) is 18.5. The molecule has 0 atom stereocenters. The van der Waals surface area contributed by atoms with E-state index in [-0.39, 0.29) is 10.9 Å². The van der Waals surface area contributed by atoms with Gasteiger partial charge in [-0.1, -0.05) is 0 Å². The SMILES string of the molecule is CCOc1ccc(-c2ccc(-c3cc(C(=O)O)c4cc(F)ccc4n3)nn2)cc1. The molecule has 0 radical (unpaired) electrons. The largest absolute Gasteiger partial charge is 0.494 e. The fraction of sp³-hybridized carbons (Fsp3) is 0.0909. The quantitative estimate of drug-likeness (QED) is 0.537. The van der Waals surface area contributed by atoms with Gasteiger partial charge >= 0.3 is 5.97 Å². The predicted octanol–water partition coefficient (Wildman–Crippen LogP) is 4.59. The number of aromatic nitrogens is 3. The highest BCUT2D eigenvalue weighted by Crippen LogP contribution is 2.26. The molecule has 0 aliphatic heterocycles. The molecule has 4 aromatic rings. The Morgan fingerprint density at radius 3 is 2.34 bits per heavy atom. The van der Waals surface area contributed by atoms with E-state index in [0.717, 1.165) is 17.4 Å². The Morgan fingerprint density at radius 2 is 1.69 bits per heavy atom. The fourth-order valence-corrected chi connectivity index (χ4v) is 3.02. The van der Waals surface area contributed by atoms with Crippen molar-refractivity contribution in [3.05, 3.63) is 72.0 Å². The summed E-state index contributed by atoms with van der Waals surface area (Å²) in [5, 5.41) is 18.2. The number of carboxylic acid groups (broad SMARTS) is 1. The van der Waals surface area contributed by atoms with E-state index in [0.29, 0.717) is 29.2 Å². The molecule has 0 aliphatic rings. The Hall–Kier alpha value is -3.87. The average molecular weight is 389 g/mol. The number of nitrogens with zero attached hydrogens (tertiary/aromatic N) is 3. The summed E-state index contributed by atoms with van der Waals surface area (Å²) in [6, 6.07) is 16.2. The molecule has 0 unspecified atom stereocenters. The van der Waals surface area contributed by atoms with E-state index in [1.807, 2.05) is 31.2 Å². The number of aromatic carboxylic acids is 1. The van der Waals surface area contributed by atoms with Crippen LogP contribution < -0.4 is 4.74 Å². The van der Waals surface area contributed by atoms with Crippen LogP contribution in [0.5, 0.6) is 5.75 Å². The van der Waals surface area contributed by atoms with Crippen LogP contribution in [0.25, 0.3) is 33.5 Å². The number of hydrogen-bond donors (Lipinski definition) is 1. The summed E-state index contributed by atoms with van der Waals surface area (Å²) in [5.41, 5.74) is 2.65. The Morgan fingerprint density at radius 1 is 0.966 bits per heavy atom. The number of rotatable bonds is 5. The number of halogens is 1. The standard InChI is InChI=1S/C22H16FN3O3/c1-2-29-15-6-3-13(4-7-15)18-9-10-20(26-25-18)21-12-17(22(27)28)16-11-14(23)5-8-19(16)24-21/h3-12H,2H2,1H3,(H,27,28). The number of hydrogen-bond acceptors (Lipinski definition) is 5. The highest BCUT2D eigenvalue weighted by Gasteiger charge is 2.15. The third kappa shape index (κ3) is 3.75. The van der Waals surface area contributed by atoms with E-state index in [1.165, 1.54) is 18.2 Å². The van der Waals surface area contributed by atoms with Gasteiger partial charge in [0.05, 0.1) is 29.1 Å². The van der Waals surface area contributed by atoms with Gasteiger partial charge in [0.25, 0.3) is 0 Å². The Kier molecular flexibility index (Phi) is 4.87. The van der Waals surface area contributed by atoms with Crippen LogP contribution in [-0.2, 0) is 0 Å². The van der Waals surface area contributed by atoms with Crippen LogP contribution in [-0.4, -0.2) is 32.9 Å². The van der Waals surface area contributed by atoms with E-state index in [9.17, 15) is 14.3 Å². The molecule has 2 aromatic heterocycles. The van der Waals surface area contributed by atoms with Crippen LogP contribution in [0.15, 0.2) is 60.7 Å². The van der Waals surface area contributed by atoms with Gasteiger partial charge in [-0.3, -0.25) is 0 Å². The fourth-order valence-electron chi connectivity index (χ4n) is 3.02. The Labute approximate surface area is 165 Å². The summed E-state index contributed by atoms with van der Waals surface area (Å²) in [4.78, 5) is 16.0.